The maximum atomic E-state index is 13.9. The van der Waals surface area contributed by atoms with Gasteiger partial charge in [0.1, 0.15) is 15.8 Å². The molecule has 0 aromatic heterocycles. The van der Waals surface area contributed by atoms with Crippen LogP contribution in [0.4, 0.5) is 0 Å². The van der Waals surface area contributed by atoms with Gasteiger partial charge in [-0.15, -0.1) is 23.2 Å². The Morgan fingerprint density at radius 2 is 1.20 bits per heavy atom. The molecule has 3 aliphatic carbocycles. The molecule has 176 valence electrons. The number of hydrogen-bond acceptors (Lipinski definition) is 3. The Morgan fingerprint density at radius 3 is 1.63 bits per heavy atom. The minimum Gasteiger partial charge on any atom is -0.350 e. The van der Waals surface area contributed by atoms with Gasteiger partial charge in [0.25, 0.3) is 0 Å². The van der Waals surface area contributed by atoms with E-state index in [4.69, 9.17) is 23.2 Å². The van der Waals surface area contributed by atoms with Gasteiger partial charge in [0.2, 0.25) is 17.7 Å². The second-order valence-corrected chi connectivity index (χ2v) is 10.6. The number of carbonyl (C=O) groups is 3. The van der Waals surface area contributed by atoms with Crippen molar-refractivity contribution in [3.63, 3.8) is 0 Å². The first-order valence-electron chi connectivity index (χ1n) is 11.6. The first-order chi connectivity index (χ1) is 16.8. The van der Waals surface area contributed by atoms with Gasteiger partial charge in [0.15, 0.2) is 0 Å². The number of carbonyl (C=O) groups excluding carboxylic acids is 3. The summed E-state index contributed by atoms with van der Waals surface area (Å²) in [6.45, 7) is 1.86. The summed E-state index contributed by atoms with van der Waals surface area (Å²) in [6, 6.07) is 23.4. The number of rotatable bonds is 4. The molecule has 1 heterocycles. The van der Waals surface area contributed by atoms with Gasteiger partial charge in [-0.25, -0.2) is 0 Å². The molecule has 0 spiro atoms. The number of amides is 3. The van der Waals surface area contributed by atoms with Gasteiger partial charge in [0, 0.05) is 6.54 Å². The van der Waals surface area contributed by atoms with Crippen molar-refractivity contribution in [3.8, 4) is 0 Å². The van der Waals surface area contributed by atoms with Crippen LogP contribution >= 0.6 is 23.2 Å². The highest BCUT2D eigenvalue weighted by Crippen LogP contribution is 2.69. The fraction of sp³-hybridized carbons (Fsp3) is 0.250. The quantitative estimate of drug-likeness (QED) is 0.425. The summed E-state index contributed by atoms with van der Waals surface area (Å²) < 4.78 is 0. The van der Waals surface area contributed by atoms with Crippen LogP contribution in [0.3, 0.4) is 0 Å². The number of benzene rings is 3. The molecule has 0 saturated carbocycles. The monoisotopic (exact) mass is 504 g/mol. The largest absolute Gasteiger partial charge is 0.350 e. The predicted octanol–water partition coefficient (Wildman–Crippen LogP) is 4.28. The summed E-state index contributed by atoms with van der Waals surface area (Å²) in [5, 5.41) is 2.84. The van der Waals surface area contributed by atoms with Crippen LogP contribution in [0.2, 0.25) is 0 Å². The van der Waals surface area contributed by atoms with E-state index in [0.29, 0.717) is 6.54 Å². The number of likely N-dealkylation sites (tertiary alicyclic amines) is 1. The van der Waals surface area contributed by atoms with E-state index in [9.17, 15) is 14.4 Å². The Bertz CT molecular complexity index is 1270. The standard InChI is InChI=1S/C28H22Cl2N2O3/c1-16(24(33)31-15-17-9-3-2-4-10-17)32-25(34)22-23(26(32)35)28(30)19-12-6-5-11-18(19)27(22,29)20-13-7-8-14-21(20)28/h2-14,16,22-23H,15H2,1H3,(H,31,33)/t16-,22+,23+,27?,28?/m1/s1. The van der Waals surface area contributed by atoms with E-state index >= 15 is 0 Å². The number of imide groups is 1. The minimum atomic E-state index is -1.25. The van der Waals surface area contributed by atoms with Gasteiger partial charge in [0.05, 0.1) is 11.8 Å². The molecule has 1 aliphatic heterocycles. The molecule has 1 fully saturated rings. The first kappa shape index (κ1) is 22.3. The molecule has 0 radical (unpaired) electrons. The Labute approximate surface area is 213 Å². The summed E-state index contributed by atoms with van der Waals surface area (Å²) in [5.74, 6) is -3.17. The zero-order chi connectivity index (χ0) is 24.5. The highest BCUT2D eigenvalue weighted by atomic mass is 35.5. The maximum Gasteiger partial charge on any atom is 0.243 e. The topological polar surface area (TPSA) is 66.5 Å². The molecular formula is C28H22Cl2N2O3. The van der Waals surface area contributed by atoms with Gasteiger partial charge in [-0.1, -0.05) is 78.9 Å². The van der Waals surface area contributed by atoms with E-state index < -0.39 is 45.3 Å². The summed E-state index contributed by atoms with van der Waals surface area (Å²) in [7, 11) is 0. The molecule has 1 N–H and O–H groups in total. The zero-order valence-electron chi connectivity index (χ0n) is 18.9. The third kappa shape index (κ3) is 2.79. The molecule has 3 aromatic rings. The van der Waals surface area contributed by atoms with E-state index in [0.717, 1.165) is 32.7 Å². The SMILES string of the molecule is C[C@H](C(=O)NCc1ccccc1)N1C(=O)[C@@H]2[C@@H](C1=O)C1(Cl)c3ccccc3C2(Cl)c2ccccc21. The summed E-state index contributed by atoms with van der Waals surface area (Å²) in [4.78, 5) is 39.4. The fourth-order valence-corrected chi connectivity index (χ4v) is 7.22. The molecule has 3 amide bonds. The van der Waals surface area contributed by atoms with Gasteiger partial charge < -0.3 is 5.32 Å². The highest BCUT2D eigenvalue weighted by molar-refractivity contribution is 6.36. The lowest BCUT2D eigenvalue weighted by atomic mass is 9.54. The number of nitrogens with one attached hydrogen (secondary N) is 1. The van der Waals surface area contributed by atoms with E-state index in [1.807, 2.05) is 78.9 Å². The predicted molar refractivity (Wildman–Crippen MR) is 133 cm³/mol. The second-order valence-electron chi connectivity index (χ2n) is 9.40. The number of halogens is 2. The van der Waals surface area contributed by atoms with Crippen LogP contribution in [0.5, 0.6) is 0 Å². The number of hydrogen-bond donors (Lipinski definition) is 1. The second kappa shape index (κ2) is 7.67. The van der Waals surface area contributed by atoms with Crippen LogP contribution in [-0.4, -0.2) is 28.7 Å². The Kier molecular flexibility index (Phi) is 4.89. The van der Waals surface area contributed by atoms with Gasteiger partial charge in [-0.05, 0) is 34.7 Å². The Hall–Kier alpha value is -3.15. The van der Waals surface area contributed by atoms with Gasteiger partial charge in [-0.2, -0.15) is 0 Å². The van der Waals surface area contributed by atoms with Crippen LogP contribution in [0.25, 0.3) is 0 Å². The lowest BCUT2D eigenvalue weighted by Crippen LogP contribution is -2.57. The van der Waals surface area contributed by atoms with Crippen molar-refractivity contribution in [1.82, 2.24) is 10.2 Å². The van der Waals surface area contributed by atoms with Crippen LogP contribution in [0.1, 0.15) is 34.7 Å². The van der Waals surface area contributed by atoms with Crippen molar-refractivity contribution in [2.45, 2.75) is 29.3 Å². The summed E-state index contributed by atoms with van der Waals surface area (Å²) in [6.07, 6.45) is 0. The molecule has 7 heteroatoms. The van der Waals surface area contributed by atoms with Crippen molar-refractivity contribution >= 4 is 40.9 Å². The molecule has 0 unspecified atom stereocenters. The number of nitrogens with zero attached hydrogens (tertiary/aromatic N) is 1. The van der Waals surface area contributed by atoms with E-state index in [1.165, 1.54) is 0 Å². The van der Waals surface area contributed by atoms with Crippen LogP contribution in [0, 0.1) is 11.8 Å². The van der Waals surface area contributed by atoms with Crippen molar-refractivity contribution in [1.29, 1.82) is 0 Å². The lowest BCUT2D eigenvalue weighted by Gasteiger charge is -2.54. The van der Waals surface area contributed by atoms with Crippen LogP contribution < -0.4 is 5.32 Å². The molecular weight excluding hydrogens is 483 g/mol. The molecule has 2 bridgehead atoms. The average Bonchev–Trinajstić information content (AvgIpc) is 3.17. The zero-order valence-corrected chi connectivity index (χ0v) is 20.4. The number of alkyl halides is 2. The van der Waals surface area contributed by atoms with E-state index in [-0.39, 0.29) is 0 Å². The molecule has 3 aromatic carbocycles. The van der Waals surface area contributed by atoms with Crippen molar-refractivity contribution in [3.05, 3.63) is 107 Å². The van der Waals surface area contributed by atoms with Gasteiger partial charge >= 0.3 is 0 Å². The normalized spacial score (nSPS) is 28.8. The van der Waals surface area contributed by atoms with Gasteiger partial charge in [-0.3, -0.25) is 19.3 Å². The minimum absolute atomic E-state index is 0.295. The molecule has 5 nitrogen and oxygen atoms in total. The molecule has 3 atom stereocenters. The van der Waals surface area contributed by atoms with Crippen molar-refractivity contribution in [2.75, 3.05) is 0 Å². The summed E-state index contributed by atoms with van der Waals surface area (Å²) in [5.41, 5.74) is 3.87. The molecule has 7 rings (SSSR count). The molecule has 1 saturated heterocycles. The highest BCUT2D eigenvalue weighted by Gasteiger charge is 2.73. The van der Waals surface area contributed by atoms with Crippen LogP contribution in [-0.2, 0) is 30.7 Å². The van der Waals surface area contributed by atoms with Crippen molar-refractivity contribution in [2.24, 2.45) is 11.8 Å². The van der Waals surface area contributed by atoms with E-state index in [2.05, 4.69) is 5.32 Å². The van der Waals surface area contributed by atoms with Crippen molar-refractivity contribution < 1.29 is 14.4 Å². The third-order valence-electron chi connectivity index (χ3n) is 7.70. The van der Waals surface area contributed by atoms with Crippen LogP contribution in [0.15, 0.2) is 78.9 Å². The Morgan fingerprint density at radius 1 is 0.800 bits per heavy atom. The first-order valence-corrected chi connectivity index (χ1v) is 12.3. The maximum absolute atomic E-state index is 13.9. The molecule has 35 heavy (non-hydrogen) atoms. The molecule has 4 aliphatic rings. The third-order valence-corrected chi connectivity index (χ3v) is 8.98. The van der Waals surface area contributed by atoms with E-state index in [1.54, 1.807) is 6.92 Å². The fourth-order valence-electron chi connectivity index (χ4n) is 6.12. The smallest absolute Gasteiger partial charge is 0.243 e. The summed E-state index contributed by atoms with van der Waals surface area (Å²) >= 11 is 14.8. The average molecular weight is 505 g/mol. The lowest BCUT2D eigenvalue weighted by molar-refractivity contribution is -0.147. The Balaban J connectivity index is 1.41.